The van der Waals surface area contributed by atoms with Crippen molar-refractivity contribution in [3.63, 3.8) is 0 Å². The van der Waals surface area contributed by atoms with Crippen LogP contribution in [0.1, 0.15) is 54.6 Å². The first-order valence-electron chi connectivity index (χ1n) is 10.8. The number of hydrogen-bond acceptors (Lipinski definition) is 5. The molecule has 0 amide bonds. The average molecular weight is 411 g/mol. The van der Waals surface area contributed by atoms with Crippen molar-refractivity contribution in [1.29, 1.82) is 0 Å². The molecular weight excluding hydrogens is 385 g/mol. The Balaban J connectivity index is 1.79. The average Bonchev–Trinajstić information content (AvgIpc) is 3.52. The monoisotopic (exact) mass is 411 g/mol. The molecule has 3 heterocycles. The van der Waals surface area contributed by atoms with Crippen LogP contribution in [0, 0.1) is 11.7 Å². The van der Waals surface area contributed by atoms with Crippen LogP contribution in [0.3, 0.4) is 0 Å². The Hall–Kier alpha value is -2.67. The van der Waals surface area contributed by atoms with Gasteiger partial charge in [-0.15, -0.1) is 0 Å². The largest absolute Gasteiger partial charge is 0.462 e. The van der Waals surface area contributed by atoms with Crippen molar-refractivity contribution >= 4 is 28.6 Å². The normalized spacial score (nSPS) is 22.7. The van der Waals surface area contributed by atoms with Gasteiger partial charge in [0.2, 0.25) is 5.43 Å². The number of ether oxygens (including phenoxy) is 1. The predicted molar refractivity (Wildman–Crippen MR) is 114 cm³/mol. The Labute approximate surface area is 174 Å². The van der Waals surface area contributed by atoms with Crippen molar-refractivity contribution in [3.8, 4) is 0 Å². The topological polar surface area (TPSA) is 77.6 Å². The van der Waals surface area contributed by atoms with Gasteiger partial charge in [-0.25, -0.2) is 9.18 Å². The molecule has 2 aliphatic heterocycles. The minimum atomic E-state index is -0.657. The fourth-order valence-electron chi connectivity index (χ4n) is 5.07. The zero-order valence-electron chi connectivity index (χ0n) is 17.1. The number of pyridine rings is 1. The molecule has 2 atom stereocenters. The van der Waals surface area contributed by atoms with E-state index in [1.165, 1.54) is 6.07 Å². The highest BCUT2D eigenvalue weighted by molar-refractivity contribution is 5.99. The lowest BCUT2D eigenvalue weighted by molar-refractivity contribution is 0.0524. The number of aromatic nitrogens is 1. The number of carbonyl (C=O) groups is 1. The van der Waals surface area contributed by atoms with Gasteiger partial charge < -0.3 is 19.9 Å². The Morgan fingerprint density at radius 3 is 2.83 bits per heavy atom. The van der Waals surface area contributed by atoms with Gasteiger partial charge in [-0.05, 0) is 51.1 Å². The summed E-state index contributed by atoms with van der Waals surface area (Å²) in [5.74, 6) is -0.755. The fourth-order valence-corrected chi connectivity index (χ4v) is 5.07. The standard InChI is InChI=1S/C23H26FN3O3/c1-2-30-23(29)17-12-27(14-6-7-14)20-15-4-3-5-19-13(11-25)8-9-26(19)21(15)18(24)10-16(20)22(17)28/h3-4,10,12-14,19H,2,5-9,11,25H2,1H3/t13-,19+/m1/s1. The number of carbonyl (C=O) groups excluding carboxylic acids is 1. The van der Waals surface area contributed by atoms with E-state index in [-0.39, 0.29) is 29.6 Å². The molecule has 1 aliphatic carbocycles. The molecule has 6 nitrogen and oxygen atoms in total. The van der Waals surface area contributed by atoms with Crippen LogP contribution in [0.15, 0.2) is 23.1 Å². The third-order valence-corrected chi connectivity index (χ3v) is 6.65. The summed E-state index contributed by atoms with van der Waals surface area (Å²) in [6.07, 6.45) is 9.29. The van der Waals surface area contributed by atoms with Crippen LogP contribution in [0.2, 0.25) is 0 Å². The Bertz CT molecular complexity index is 1120. The van der Waals surface area contributed by atoms with Crippen LogP contribution in [-0.4, -0.2) is 36.3 Å². The molecule has 3 aliphatic rings. The molecule has 0 bridgehead atoms. The number of hydrogen-bond donors (Lipinski definition) is 1. The number of fused-ring (bicyclic) bond motifs is 5. The smallest absolute Gasteiger partial charge is 0.343 e. The third kappa shape index (κ3) is 2.87. The SMILES string of the molecule is CCOC(=O)c1cn(C2CC2)c2c3c(c(F)cc2c1=O)N1CC[C@H](CN)[C@@H]1CC=C3. The molecular formula is C23H26FN3O3. The molecule has 2 aromatic rings. The maximum Gasteiger partial charge on any atom is 0.343 e. The number of esters is 1. The number of nitrogens with two attached hydrogens (primary N) is 1. The van der Waals surface area contributed by atoms with Gasteiger partial charge in [0.25, 0.3) is 0 Å². The maximum absolute atomic E-state index is 15.5. The highest BCUT2D eigenvalue weighted by Crippen LogP contribution is 2.44. The summed E-state index contributed by atoms with van der Waals surface area (Å²) in [5.41, 5.74) is 7.45. The Kier molecular flexibility index (Phi) is 4.65. The highest BCUT2D eigenvalue weighted by Gasteiger charge is 2.38. The van der Waals surface area contributed by atoms with E-state index >= 15 is 4.39 Å². The number of halogens is 1. The molecule has 1 aromatic heterocycles. The van der Waals surface area contributed by atoms with Gasteiger partial charge in [-0.3, -0.25) is 4.79 Å². The first-order valence-corrected chi connectivity index (χ1v) is 10.8. The molecule has 5 rings (SSSR count). The van der Waals surface area contributed by atoms with Crippen LogP contribution in [-0.2, 0) is 4.74 Å². The zero-order valence-corrected chi connectivity index (χ0v) is 17.1. The molecule has 2 fully saturated rings. The van der Waals surface area contributed by atoms with Crippen LogP contribution < -0.4 is 16.1 Å². The first kappa shape index (κ1) is 19.3. The lowest BCUT2D eigenvalue weighted by Crippen LogP contribution is -2.35. The van der Waals surface area contributed by atoms with E-state index in [4.69, 9.17) is 10.5 Å². The number of nitrogens with zero attached hydrogens (tertiary/aromatic N) is 2. The molecule has 0 radical (unpaired) electrons. The van der Waals surface area contributed by atoms with Gasteiger partial charge in [-0.2, -0.15) is 0 Å². The maximum atomic E-state index is 15.5. The van der Waals surface area contributed by atoms with Crippen LogP contribution >= 0.6 is 0 Å². The summed E-state index contributed by atoms with van der Waals surface area (Å²) in [6.45, 7) is 3.21. The minimum absolute atomic E-state index is 0.0320. The second-order valence-corrected chi connectivity index (χ2v) is 8.43. The lowest BCUT2D eigenvalue weighted by atomic mass is 9.98. The molecule has 1 saturated carbocycles. The van der Waals surface area contributed by atoms with Gasteiger partial charge in [0.05, 0.1) is 23.2 Å². The molecule has 0 spiro atoms. The quantitative estimate of drug-likeness (QED) is 0.782. The summed E-state index contributed by atoms with van der Waals surface area (Å²) in [4.78, 5) is 27.7. The van der Waals surface area contributed by atoms with Crippen molar-refractivity contribution < 1.29 is 13.9 Å². The van der Waals surface area contributed by atoms with Crippen LogP contribution in [0.4, 0.5) is 10.1 Å². The second-order valence-electron chi connectivity index (χ2n) is 8.43. The van der Waals surface area contributed by atoms with Crippen molar-refractivity contribution in [2.75, 3.05) is 24.6 Å². The van der Waals surface area contributed by atoms with E-state index in [9.17, 15) is 9.59 Å². The van der Waals surface area contributed by atoms with E-state index < -0.39 is 17.2 Å². The number of benzene rings is 1. The van der Waals surface area contributed by atoms with Gasteiger partial charge in [-0.1, -0.05) is 12.2 Å². The molecule has 7 heteroatoms. The van der Waals surface area contributed by atoms with Gasteiger partial charge >= 0.3 is 5.97 Å². The highest BCUT2D eigenvalue weighted by atomic mass is 19.1. The summed E-state index contributed by atoms with van der Waals surface area (Å²) in [6, 6.07) is 1.68. The van der Waals surface area contributed by atoms with E-state index in [1.54, 1.807) is 13.1 Å². The second kappa shape index (κ2) is 7.23. The van der Waals surface area contributed by atoms with Crippen molar-refractivity contribution in [2.24, 2.45) is 11.7 Å². The molecule has 30 heavy (non-hydrogen) atoms. The van der Waals surface area contributed by atoms with E-state index in [1.807, 2.05) is 10.6 Å². The number of rotatable bonds is 4. The molecule has 1 saturated heterocycles. The van der Waals surface area contributed by atoms with E-state index in [2.05, 4.69) is 11.0 Å². The molecule has 1 aromatic carbocycles. The summed E-state index contributed by atoms with van der Waals surface area (Å²) in [5, 5.41) is 0.237. The Morgan fingerprint density at radius 1 is 1.33 bits per heavy atom. The fraction of sp³-hybridized carbons (Fsp3) is 0.478. The predicted octanol–water partition coefficient (Wildman–Crippen LogP) is 3.22. The summed E-state index contributed by atoms with van der Waals surface area (Å²) < 4.78 is 22.6. The number of anilines is 1. The van der Waals surface area contributed by atoms with Crippen LogP contribution in [0.25, 0.3) is 17.0 Å². The van der Waals surface area contributed by atoms with Crippen molar-refractivity contribution in [3.05, 3.63) is 45.5 Å². The van der Waals surface area contributed by atoms with Gasteiger partial charge in [0.1, 0.15) is 11.4 Å². The minimum Gasteiger partial charge on any atom is -0.462 e. The van der Waals surface area contributed by atoms with Crippen molar-refractivity contribution in [1.82, 2.24) is 4.57 Å². The first-order chi connectivity index (χ1) is 14.5. The van der Waals surface area contributed by atoms with E-state index in [0.29, 0.717) is 23.7 Å². The zero-order chi connectivity index (χ0) is 21.0. The van der Waals surface area contributed by atoms with Gasteiger partial charge in [0, 0.05) is 30.4 Å². The van der Waals surface area contributed by atoms with E-state index in [0.717, 1.165) is 37.8 Å². The molecule has 158 valence electrons. The van der Waals surface area contributed by atoms with Crippen LogP contribution in [0.5, 0.6) is 0 Å². The lowest BCUT2D eigenvalue weighted by Gasteiger charge is -2.30. The molecule has 0 unspecified atom stereocenters. The molecule has 2 N–H and O–H groups in total. The van der Waals surface area contributed by atoms with Gasteiger partial charge in [0.15, 0.2) is 0 Å². The Morgan fingerprint density at radius 2 is 2.13 bits per heavy atom. The van der Waals surface area contributed by atoms with Crippen molar-refractivity contribution in [2.45, 2.75) is 44.7 Å². The summed E-state index contributed by atoms with van der Waals surface area (Å²) in [7, 11) is 0. The third-order valence-electron chi connectivity index (χ3n) is 6.65. The summed E-state index contributed by atoms with van der Waals surface area (Å²) >= 11 is 0.